The topological polar surface area (TPSA) is 107 Å². The van der Waals surface area contributed by atoms with Gasteiger partial charge in [0.05, 0.1) is 29.2 Å². The molecule has 0 aliphatic rings. The molecule has 0 heterocycles. The molecule has 0 amide bonds. The number of ether oxygens (including phenoxy) is 2. The van der Waals surface area contributed by atoms with Crippen LogP contribution in [0.15, 0.2) is 47.4 Å². The van der Waals surface area contributed by atoms with Crippen molar-refractivity contribution in [1.82, 2.24) is 0 Å². The number of unbranched alkanes of at least 4 members (excludes halogenated alkanes) is 10. The first-order valence-corrected chi connectivity index (χ1v) is 15.5. The molecule has 0 aliphatic heterocycles. The van der Waals surface area contributed by atoms with E-state index in [-0.39, 0.29) is 24.3 Å². The molecule has 0 spiro atoms. The van der Waals surface area contributed by atoms with Gasteiger partial charge >= 0.3 is 11.9 Å². The van der Waals surface area contributed by atoms with Crippen molar-refractivity contribution in [3.63, 3.8) is 0 Å². The molecule has 1 rings (SSSR count). The third-order valence-electron chi connectivity index (χ3n) is 6.03. The number of carbonyl (C=O) groups excluding carboxylic acids is 2. The van der Waals surface area contributed by atoms with E-state index in [1.807, 2.05) is 0 Å². The number of esters is 2. The Morgan fingerprint density at radius 1 is 0.684 bits per heavy atom. The summed E-state index contributed by atoms with van der Waals surface area (Å²) in [7, 11) is -4.55. The molecule has 214 valence electrons. The van der Waals surface area contributed by atoms with E-state index in [1.165, 1.54) is 6.07 Å². The highest BCUT2D eigenvalue weighted by molar-refractivity contribution is 7.85. The van der Waals surface area contributed by atoms with Gasteiger partial charge in [-0.25, -0.2) is 9.59 Å². The van der Waals surface area contributed by atoms with E-state index in [0.29, 0.717) is 12.8 Å². The standard InChI is InChI=1S/C30H46O7S/c1-3-5-7-9-11-13-15-17-19-23-36-29(31)27-22-21-26(38(33,34)35)25-28(27)30(32)37-24-20-18-16-14-12-10-8-6-4-2/h5-8,21-22,25H,3-4,9-20,23-24H2,1-2H3,(H,33,34,35)/b7-5+,8-6+. The molecule has 0 bridgehead atoms. The van der Waals surface area contributed by atoms with Gasteiger partial charge in [0.25, 0.3) is 10.1 Å². The molecule has 0 saturated heterocycles. The zero-order valence-corrected chi connectivity index (χ0v) is 24.0. The monoisotopic (exact) mass is 550 g/mol. The predicted octanol–water partition coefficient (Wildman–Crippen LogP) is 7.86. The highest BCUT2D eigenvalue weighted by Gasteiger charge is 2.23. The number of rotatable bonds is 21. The first kappa shape index (κ1) is 33.6. The molecule has 38 heavy (non-hydrogen) atoms. The second-order valence-corrected chi connectivity index (χ2v) is 10.7. The lowest BCUT2D eigenvalue weighted by Crippen LogP contribution is -2.16. The molecule has 8 heteroatoms. The molecular weight excluding hydrogens is 504 g/mol. The molecule has 7 nitrogen and oxygen atoms in total. The summed E-state index contributed by atoms with van der Waals surface area (Å²) in [6.45, 7) is 4.59. The van der Waals surface area contributed by atoms with Crippen LogP contribution in [0.4, 0.5) is 0 Å². The van der Waals surface area contributed by atoms with Gasteiger partial charge in [0.1, 0.15) is 0 Å². The van der Waals surface area contributed by atoms with Crippen molar-refractivity contribution in [3.05, 3.63) is 53.6 Å². The average Bonchev–Trinajstić information content (AvgIpc) is 2.89. The summed E-state index contributed by atoms with van der Waals surface area (Å²) in [6.07, 6.45) is 22.8. The number of allylic oxidation sites excluding steroid dienone is 4. The van der Waals surface area contributed by atoms with E-state index >= 15 is 0 Å². The third-order valence-corrected chi connectivity index (χ3v) is 6.88. The van der Waals surface area contributed by atoms with Gasteiger partial charge in [-0.05, 0) is 69.6 Å². The van der Waals surface area contributed by atoms with E-state index in [9.17, 15) is 22.6 Å². The Balaban J connectivity index is 2.54. The normalized spacial score (nSPS) is 11.9. The minimum atomic E-state index is -4.55. The van der Waals surface area contributed by atoms with E-state index in [2.05, 4.69) is 38.2 Å². The molecule has 0 aliphatic carbocycles. The predicted molar refractivity (Wildman–Crippen MR) is 151 cm³/mol. The van der Waals surface area contributed by atoms with E-state index in [1.54, 1.807) is 0 Å². The van der Waals surface area contributed by atoms with Gasteiger partial charge in [-0.1, -0.05) is 76.7 Å². The zero-order chi connectivity index (χ0) is 28.1. The molecule has 0 atom stereocenters. The average molecular weight is 551 g/mol. The van der Waals surface area contributed by atoms with Crippen molar-refractivity contribution in [2.75, 3.05) is 13.2 Å². The molecule has 1 N–H and O–H groups in total. The number of hydrogen-bond acceptors (Lipinski definition) is 6. The number of benzene rings is 1. The molecule has 0 saturated carbocycles. The second-order valence-electron chi connectivity index (χ2n) is 9.33. The van der Waals surface area contributed by atoms with Crippen LogP contribution in [0.2, 0.25) is 0 Å². The van der Waals surface area contributed by atoms with E-state index < -0.39 is 27.0 Å². The van der Waals surface area contributed by atoms with Crippen LogP contribution in [0.5, 0.6) is 0 Å². The fourth-order valence-corrected chi connectivity index (χ4v) is 4.38. The molecule has 0 aromatic heterocycles. The lowest BCUT2D eigenvalue weighted by atomic mass is 10.1. The summed E-state index contributed by atoms with van der Waals surface area (Å²) >= 11 is 0. The van der Waals surface area contributed by atoms with Crippen molar-refractivity contribution in [2.24, 2.45) is 0 Å². The van der Waals surface area contributed by atoms with Gasteiger partial charge in [-0.2, -0.15) is 8.42 Å². The van der Waals surface area contributed by atoms with Gasteiger partial charge in [-0.15, -0.1) is 0 Å². The van der Waals surface area contributed by atoms with Crippen LogP contribution in [0.25, 0.3) is 0 Å². The van der Waals surface area contributed by atoms with E-state index in [4.69, 9.17) is 9.47 Å². The Hall–Kier alpha value is -2.45. The molecule has 0 radical (unpaired) electrons. The number of carbonyl (C=O) groups is 2. The summed E-state index contributed by atoms with van der Waals surface area (Å²) < 4.78 is 43.2. The zero-order valence-electron chi connectivity index (χ0n) is 23.2. The summed E-state index contributed by atoms with van der Waals surface area (Å²) in [5.74, 6) is -1.54. The number of hydrogen-bond donors (Lipinski definition) is 1. The van der Waals surface area contributed by atoms with E-state index in [0.717, 1.165) is 89.2 Å². The van der Waals surface area contributed by atoms with Crippen LogP contribution in [0.1, 0.15) is 124 Å². The highest BCUT2D eigenvalue weighted by atomic mass is 32.2. The van der Waals surface area contributed by atoms with Gasteiger partial charge in [-0.3, -0.25) is 4.55 Å². The Morgan fingerprint density at radius 2 is 1.13 bits per heavy atom. The molecule has 1 aromatic carbocycles. The fourth-order valence-electron chi connectivity index (χ4n) is 3.87. The molecular formula is C30H46O7S. The van der Waals surface area contributed by atoms with Crippen LogP contribution < -0.4 is 0 Å². The largest absolute Gasteiger partial charge is 0.462 e. The summed E-state index contributed by atoms with van der Waals surface area (Å²) in [6, 6.07) is 3.22. The van der Waals surface area contributed by atoms with Crippen LogP contribution >= 0.6 is 0 Å². The molecule has 0 fully saturated rings. The van der Waals surface area contributed by atoms with Gasteiger partial charge in [0.15, 0.2) is 0 Å². The quantitative estimate of drug-likeness (QED) is 0.0718. The first-order chi connectivity index (χ1) is 18.3. The van der Waals surface area contributed by atoms with Crippen molar-refractivity contribution in [2.45, 2.75) is 109 Å². The molecule has 0 unspecified atom stereocenters. The maximum absolute atomic E-state index is 12.7. The third kappa shape index (κ3) is 15.1. The maximum Gasteiger partial charge on any atom is 0.339 e. The Labute approximate surface area is 229 Å². The second kappa shape index (κ2) is 20.5. The smallest absolute Gasteiger partial charge is 0.339 e. The Bertz CT molecular complexity index is 980. The molecule has 1 aromatic rings. The van der Waals surface area contributed by atoms with Crippen LogP contribution in [-0.4, -0.2) is 38.1 Å². The van der Waals surface area contributed by atoms with Crippen LogP contribution in [-0.2, 0) is 19.6 Å². The first-order valence-electron chi connectivity index (χ1n) is 14.1. The van der Waals surface area contributed by atoms with Crippen molar-refractivity contribution in [3.8, 4) is 0 Å². The summed E-state index contributed by atoms with van der Waals surface area (Å²) in [5, 5.41) is 0. The van der Waals surface area contributed by atoms with Crippen molar-refractivity contribution in [1.29, 1.82) is 0 Å². The van der Waals surface area contributed by atoms with Crippen LogP contribution in [0.3, 0.4) is 0 Å². The lowest BCUT2D eigenvalue weighted by Gasteiger charge is -2.11. The van der Waals surface area contributed by atoms with Crippen molar-refractivity contribution >= 4 is 22.1 Å². The van der Waals surface area contributed by atoms with Gasteiger partial charge in [0.2, 0.25) is 0 Å². The SMILES string of the molecule is CC/C=C/CCCCCCCOC(=O)c1ccc(S(=O)(=O)O)cc1C(=O)OCCCCCCC/C=C/CC. The lowest BCUT2D eigenvalue weighted by molar-refractivity contribution is 0.0450. The highest BCUT2D eigenvalue weighted by Crippen LogP contribution is 2.19. The van der Waals surface area contributed by atoms with Crippen LogP contribution in [0, 0.1) is 0 Å². The minimum Gasteiger partial charge on any atom is -0.462 e. The van der Waals surface area contributed by atoms with Gasteiger partial charge < -0.3 is 9.47 Å². The van der Waals surface area contributed by atoms with Crippen molar-refractivity contribution < 1.29 is 32.0 Å². The van der Waals surface area contributed by atoms with Gasteiger partial charge in [0, 0.05) is 0 Å². The maximum atomic E-state index is 12.7. The minimum absolute atomic E-state index is 0.0785. The fraction of sp³-hybridized carbons (Fsp3) is 0.600. The summed E-state index contributed by atoms with van der Waals surface area (Å²) in [5.41, 5.74) is -0.307. The Morgan fingerprint density at radius 3 is 1.61 bits per heavy atom. The summed E-state index contributed by atoms with van der Waals surface area (Å²) in [4.78, 5) is 24.9. The Kier molecular flexibility index (Phi) is 18.1.